The number of imidazole rings is 1. The summed E-state index contributed by atoms with van der Waals surface area (Å²) in [5, 5.41) is 0. The van der Waals surface area contributed by atoms with Gasteiger partial charge >= 0.3 is 0 Å². The highest BCUT2D eigenvalue weighted by Gasteiger charge is 2.42. The largest absolute Gasteiger partial charge is 0.374 e. The molecule has 0 saturated carbocycles. The van der Waals surface area contributed by atoms with Crippen LogP contribution in [0.15, 0.2) is 36.8 Å². The third kappa shape index (κ3) is 2.86. The first kappa shape index (κ1) is 16.3. The number of fused-ring (bicyclic) bond motifs is 2. The molecule has 0 bridgehead atoms. The number of carbonyl (C=O) groups is 1. The Morgan fingerprint density at radius 2 is 2.12 bits per heavy atom. The standard InChI is InChI=1S/C20H25N3O2/c1-2-25-18-7-8-20(16-6-4-3-5-15(16)18)9-11-23(12-10-20)19(24)17-13-21-14-22-17/h3-6,13-14,18H,2,7-12H2,1H3,(H,21,22). The Bertz CT molecular complexity index is 733. The Morgan fingerprint density at radius 1 is 1.32 bits per heavy atom. The van der Waals surface area contributed by atoms with Crippen molar-refractivity contribution < 1.29 is 9.53 Å². The lowest BCUT2D eigenvalue weighted by Gasteiger charge is -2.47. The molecule has 1 N–H and O–H groups in total. The topological polar surface area (TPSA) is 58.2 Å². The third-order valence-corrected chi connectivity index (χ3v) is 5.87. The van der Waals surface area contributed by atoms with E-state index in [4.69, 9.17) is 4.74 Å². The summed E-state index contributed by atoms with van der Waals surface area (Å²) in [6, 6.07) is 8.74. The van der Waals surface area contributed by atoms with Gasteiger partial charge in [-0.15, -0.1) is 0 Å². The van der Waals surface area contributed by atoms with Crippen LogP contribution in [0.25, 0.3) is 0 Å². The Morgan fingerprint density at radius 3 is 2.84 bits per heavy atom. The molecule has 1 atom stereocenters. The zero-order valence-electron chi connectivity index (χ0n) is 14.7. The summed E-state index contributed by atoms with van der Waals surface area (Å²) in [4.78, 5) is 21.4. The van der Waals surface area contributed by atoms with Gasteiger partial charge in [0, 0.05) is 19.7 Å². The summed E-state index contributed by atoms with van der Waals surface area (Å²) in [7, 11) is 0. The molecule has 1 unspecified atom stereocenters. The number of nitrogens with zero attached hydrogens (tertiary/aromatic N) is 2. The molecule has 1 aliphatic carbocycles. The number of amides is 1. The first-order valence-corrected chi connectivity index (χ1v) is 9.22. The van der Waals surface area contributed by atoms with Crippen molar-refractivity contribution >= 4 is 5.91 Å². The molecule has 5 nitrogen and oxygen atoms in total. The lowest BCUT2D eigenvalue weighted by atomic mass is 9.64. The lowest BCUT2D eigenvalue weighted by molar-refractivity contribution is 0.0291. The molecule has 5 heteroatoms. The number of likely N-dealkylation sites (tertiary alicyclic amines) is 1. The predicted octanol–water partition coefficient (Wildman–Crippen LogP) is 3.46. The van der Waals surface area contributed by atoms with Crippen molar-refractivity contribution in [1.82, 2.24) is 14.9 Å². The van der Waals surface area contributed by atoms with E-state index in [9.17, 15) is 4.79 Å². The van der Waals surface area contributed by atoms with Gasteiger partial charge in [0.05, 0.1) is 18.6 Å². The number of piperidine rings is 1. The van der Waals surface area contributed by atoms with E-state index in [1.807, 2.05) is 4.90 Å². The molecule has 1 aromatic carbocycles. The molecule has 1 aliphatic heterocycles. The van der Waals surface area contributed by atoms with Gasteiger partial charge in [0.2, 0.25) is 0 Å². The molecule has 132 valence electrons. The van der Waals surface area contributed by atoms with E-state index in [-0.39, 0.29) is 17.4 Å². The molecular weight excluding hydrogens is 314 g/mol. The third-order valence-electron chi connectivity index (χ3n) is 5.87. The Hall–Kier alpha value is -2.14. The van der Waals surface area contributed by atoms with Gasteiger partial charge in [0.15, 0.2) is 0 Å². The van der Waals surface area contributed by atoms with Crippen LogP contribution in [0.3, 0.4) is 0 Å². The maximum Gasteiger partial charge on any atom is 0.271 e. The van der Waals surface area contributed by atoms with Crippen LogP contribution in [0.5, 0.6) is 0 Å². The molecule has 4 rings (SSSR count). The molecule has 1 spiro atoms. The molecule has 1 amide bonds. The van der Waals surface area contributed by atoms with Crippen LogP contribution < -0.4 is 0 Å². The van der Waals surface area contributed by atoms with Gasteiger partial charge in [-0.05, 0) is 49.1 Å². The SMILES string of the molecule is CCOC1CCC2(CCN(C(=O)c3cnc[nH]3)CC2)c2ccccc21. The number of hydrogen-bond acceptors (Lipinski definition) is 3. The summed E-state index contributed by atoms with van der Waals surface area (Å²) in [5.41, 5.74) is 3.56. The highest BCUT2D eigenvalue weighted by atomic mass is 16.5. The van der Waals surface area contributed by atoms with E-state index in [2.05, 4.69) is 41.2 Å². The summed E-state index contributed by atoms with van der Waals surface area (Å²) >= 11 is 0. The fraction of sp³-hybridized carbons (Fsp3) is 0.500. The molecular formula is C20H25N3O2. The minimum Gasteiger partial charge on any atom is -0.374 e. The predicted molar refractivity (Wildman–Crippen MR) is 95.4 cm³/mol. The van der Waals surface area contributed by atoms with Gasteiger partial charge in [0.1, 0.15) is 5.69 Å². The lowest BCUT2D eigenvalue weighted by Crippen LogP contribution is -2.47. The average Bonchev–Trinajstić information content (AvgIpc) is 3.19. The number of rotatable bonds is 3. The maximum absolute atomic E-state index is 12.5. The normalized spacial score (nSPS) is 22.0. The van der Waals surface area contributed by atoms with Crippen molar-refractivity contribution in [3.8, 4) is 0 Å². The fourth-order valence-electron chi connectivity index (χ4n) is 4.53. The molecule has 0 radical (unpaired) electrons. The van der Waals surface area contributed by atoms with Crippen LogP contribution in [-0.4, -0.2) is 40.5 Å². The van der Waals surface area contributed by atoms with Crippen LogP contribution in [-0.2, 0) is 10.2 Å². The number of aromatic nitrogens is 2. The second-order valence-electron chi connectivity index (χ2n) is 7.11. The van der Waals surface area contributed by atoms with Gasteiger partial charge in [0.25, 0.3) is 5.91 Å². The maximum atomic E-state index is 12.5. The molecule has 1 fully saturated rings. The number of nitrogens with one attached hydrogen (secondary N) is 1. The van der Waals surface area contributed by atoms with Gasteiger partial charge in [-0.25, -0.2) is 4.98 Å². The van der Waals surface area contributed by atoms with Gasteiger partial charge < -0.3 is 14.6 Å². The Kier molecular flexibility index (Phi) is 4.34. The number of hydrogen-bond donors (Lipinski definition) is 1. The molecule has 2 heterocycles. The van der Waals surface area contributed by atoms with Crippen molar-refractivity contribution in [3.63, 3.8) is 0 Å². The van der Waals surface area contributed by atoms with Crippen molar-refractivity contribution in [3.05, 3.63) is 53.6 Å². The molecule has 25 heavy (non-hydrogen) atoms. The summed E-state index contributed by atoms with van der Waals surface area (Å²) in [6.07, 6.45) is 7.63. The van der Waals surface area contributed by atoms with Gasteiger partial charge in [-0.1, -0.05) is 24.3 Å². The Balaban J connectivity index is 1.54. The van der Waals surface area contributed by atoms with Gasteiger partial charge in [-0.2, -0.15) is 0 Å². The number of H-pyrrole nitrogens is 1. The summed E-state index contributed by atoms with van der Waals surface area (Å²) in [5.74, 6) is 0.0589. The average molecular weight is 339 g/mol. The van der Waals surface area contributed by atoms with E-state index >= 15 is 0 Å². The smallest absolute Gasteiger partial charge is 0.271 e. The molecule has 1 aromatic heterocycles. The van der Waals surface area contributed by atoms with E-state index in [1.165, 1.54) is 11.1 Å². The zero-order valence-corrected chi connectivity index (χ0v) is 14.7. The van der Waals surface area contributed by atoms with Crippen LogP contribution >= 0.6 is 0 Å². The minimum absolute atomic E-state index is 0.0589. The van der Waals surface area contributed by atoms with Crippen molar-refractivity contribution in [1.29, 1.82) is 0 Å². The van der Waals surface area contributed by atoms with Crippen LogP contribution in [0.4, 0.5) is 0 Å². The molecule has 2 aromatic rings. The van der Waals surface area contributed by atoms with Crippen molar-refractivity contribution in [2.24, 2.45) is 0 Å². The second-order valence-corrected chi connectivity index (χ2v) is 7.11. The first-order valence-electron chi connectivity index (χ1n) is 9.22. The van der Waals surface area contributed by atoms with E-state index < -0.39 is 0 Å². The summed E-state index contributed by atoms with van der Waals surface area (Å²) < 4.78 is 5.98. The van der Waals surface area contributed by atoms with E-state index in [0.29, 0.717) is 5.69 Å². The minimum atomic E-state index is 0.0589. The van der Waals surface area contributed by atoms with E-state index in [1.54, 1.807) is 12.5 Å². The Labute approximate surface area is 148 Å². The number of aromatic amines is 1. The monoisotopic (exact) mass is 339 g/mol. The van der Waals surface area contributed by atoms with Gasteiger partial charge in [-0.3, -0.25) is 4.79 Å². The molecule has 2 aliphatic rings. The number of benzene rings is 1. The van der Waals surface area contributed by atoms with E-state index in [0.717, 1.165) is 45.4 Å². The zero-order chi connectivity index (χ0) is 17.3. The summed E-state index contributed by atoms with van der Waals surface area (Å²) in [6.45, 7) is 4.40. The van der Waals surface area contributed by atoms with Crippen molar-refractivity contribution in [2.45, 2.75) is 44.1 Å². The number of carbonyl (C=O) groups excluding carboxylic acids is 1. The fourth-order valence-corrected chi connectivity index (χ4v) is 4.53. The van der Waals surface area contributed by atoms with Crippen LogP contribution in [0.1, 0.15) is 60.3 Å². The highest BCUT2D eigenvalue weighted by molar-refractivity contribution is 5.92. The molecule has 1 saturated heterocycles. The highest BCUT2D eigenvalue weighted by Crippen LogP contribution is 2.48. The number of ether oxygens (including phenoxy) is 1. The van der Waals surface area contributed by atoms with Crippen LogP contribution in [0, 0.1) is 0 Å². The second kappa shape index (κ2) is 6.64. The quantitative estimate of drug-likeness (QED) is 0.932. The van der Waals surface area contributed by atoms with Crippen LogP contribution in [0.2, 0.25) is 0 Å². The van der Waals surface area contributed by atoms with Crippen molar-refractivity contribution in [2.75, 3.05) is 19.7 Å². The first-order chi connectivity index (χ1) is 12.2.